The molecule has 0 spiro atoms. The van der Waals surface area contributed by atoms with Gasteiger partial charge in [0.25, 0.3) is 0 Å². The zero-order chi connectivity index (χ0) is 10.3. The van der Waals surface area contributed by atoms with Crippen molar-refractivity contribution in [1.82, 2.24) is 10.2 Å². The van der Waals surface area contributed by atoms with Gasteiger partial charge in [0.15, 0.2) is 0 Å². The molecule has 4 nitrogen and oxygen atoms in total. The first kappa shape index (κ1) is 9.77. The molecule has 0 amide bonds. The van der Waals surface area contributed by atoms with Gasteiger partial charge in [-0.3, -0.25) is 0 Å². The summed E-state index contributed by atoms with van der Waals surface area (Å²) >= 11 is 5.82. The van der Waals surface area contributed by atoms with Gasteiger partial charge in [-0.25, -0.2) is 0 Å². The lowest BCUT2D eigenvalue weighted by atomic mass is 9.85. The number of anilines is 1. The molecule has 1 aromatic rings. The maximum atomic E-state index is 5.82. The van der Waals surface area contributed by atoms with E-state index in [-0.39, 0.29) is 5.38 Å². The molecule has 14 heavy (non-hydrogen) atoms. The van der Waals surface area contributed by atoms with Gasteiger partial charge in [0, 0.05) is 18.5 Å². The van der Waals surface area contributed by atoms with Crippen LogP contribution < -0.4 is 4.90 Å². The highest BCUT2D eigenvalue weighted by Gasteiger charge is 2.37. The van der Waals surface area contributed by atoms with Crippen LogP contribution in [0.15, 0.2) is 4.42 Å². The summed E-state index contributed by atoms with van der Waals surface area (Å²) < 4.78 is 5.41. The molecule has 1 unspecified atom stereocenters. The molecule has 1 aromatic heterocycles. The summed E-state index contributed by atoms with van der Waals surface area (Å²) in [5.74, 6) is 0.492. The minimum Gasteiger partial charge on any atom is -0.406 e. The van der Waals surface area contributed by atoms with Crippen LogP contribution in [0, 0.1) is 5.41 Å². The monoisotopic (exact) mass is 215 g/mol. The van der Waals surface area contributed by atoms with Gasteiger partial charge in [-0.2, -0.15) is 0 Å². The maximum absolute atomic E-state index is 5.82. The van der Waals surface area contributed by atoms with E-state index in [0.717, 1.165) is 13.1 Å². The Morgan fingerprint density at radius 3 is 2.50 bits per heavy atom. The van der Waals surface area contributed by atoms with Gasteiger partial charge in [0.1, 0.15) is 5.38 Å². The normalized spacial score (nSPS) is 21.9. The van der Waals surface area contributed by atoms with E-state index < -0.39 is 0 Å². The fraction of sp³-hybridized carbons (Fsp3) is 0.778. The van der Waals surface area contributed by atoms with Crippen molar-refractivity contribution < 1.29 is 4.42 Å². The number of aromatic nitrogens is 2. The lowest BCUT2D eigenvalue weighted by Gasteiger charge is -2.44. The highest BCUT2D eigenvalue weighted by Crippen LogP contribution is 2.33. The van der Waals surface area contributed by atoms with Gasteiger partial charge in [0.2, 0.25) is 5.89 Å². The summed E-state index contributed by atoms with van der Waals surface area (Å²) in [6.07, 6.45) is 0. The third kappa shape index (κ3) is 1.71. The van der Waals surface area contributed by atoms with E-state index in [4.69, 9.17) is 16.0 Å². The summed E-state index contributed by atoms with van der Waals surface area (Å²) in [6, 6.07) is 0.590. The van der Waals surface area contributed by atoms with Gasteiger partial charge in [-0.1, -0.05) is 18.9 Å². The van der Waals surface area contributed by atoms with Crippen molar-refractivity contribution in [3.05, 3.63) is 5.89 Å². The average Bonchev–Trinajstić information content (AvgIpc) is 2.47. The highest BCUT2D eigenvalue weighted by molar-refractivity contribution is 6.20. The molecule has 1 aliphatic heterocycles. The van der Waals surface area contributed by atoms with E-state index in [0.29, 0.717) is 17.3 Å². The first-order chi connectivity index (χ1) is 6.48. The average molecular weight is 216 g/mol. The number of rotatable bonds is 2. The molecule has 1 atom stereocenters. The van der Waals surface area contributed by atoms with Crippen molar-refractivity contribution in [3.63, 3.8) is 0 Å². The predicted molar refractivity (Wildman–Crippen MR) is 54.6 cm³/mol. The SMILES string of the molecule is CC(Cl)c1nnc(N2CC(C)(C)C2)o1. The molecule has 0 saturated carbocycles. The molecular formula is C9H14ClN3O. The summed E-state index contributed by atoms with van der Waals surface area (Å²) in [6.45, 7) is 8.17. The van der Waals surface area contributed by atoms with Crippen molar-refractivity contribution in [3.8, 4) is 0 Å². The van der Waals surface area contributed by atoms with Crippen molar-refractivity contribution in [1.29, 1.82) is 0 Å². The Labute approximate surface area is 88.2 Å². The lowest BCUT2D eigenvalue weighted by Crippen LogP contribution is -2.53. The van der Waals surface area contributed by atoms with Crippen LogP contribution in [-0.4, -0.2) is 23.3 Å². The molecule has 5 heteroatoms. The molecule has 1 aliphatic rings. The van der Waals surface area contributed by atoms with Gasteiger partial charge in [-0.15, -0.1) is 16.7 Å². The summed E-state index contributed by atoms with van der Waals surface area (Å²) in [5, 5.41) is 7.61. The van der Waals surface area contributed by atoms with Gasteiger partial charge in [-0.05, 0) is 6.92 Å². The third-order valence-electron chi connectivity index (χ3n) is 2.28. The van der Waals surface area contributed by atoms with Gasteiger partial charge < -0.3 is 9.32 Å². The zero-order valence-electron chi connectivity index (χ0n) is 8.62. The number of hydrogen-bond donors (Lipinski definition) is 0. The topological polar surface area (TPSA) is 42.2 Å². The molecule has 78 valence electrons. The van der Waals surface area contributed by atoms with Crippen LogP contribution in [0.1, 0.15) is 32.0 Å². The van der Waals surface area contributed by atoms with E-state index in [9.17, 15) is 0 Å². The molecule has 0 radical (unpaired) electrons. The molecule has 1 saturated heterocycles. The second-order valence-electron chi connectivity index (χ2n) is 4.56. The number of halogens is 1. The minimum atomic E-state index is -0.217. The van der Waals surface area contributed by atoms with Gasteiger partial charge in [0.05, 0.1) is 0 Å². The second-order valence-corrected chi connectivity index (χ2v) is 5.21. The highest BCUT2D eigenvalue weighted by atomic mass is 35.5. The van der Waals surface area contributed by atoms with E-state index >= 15 is 0 Å². The standard InChI is InChI=1S/C9H14ClN3O/c1-6(10)7-11-12-8(14-7)13-4-9(2,3)5-13/h6H,4-5H2,1-3H3. The van der Waals surface area contributed by atoms with Crippen molar-refractivity contribution >= 4 is 17.6 Å². The van der Waals surface area contributed by atoms with Crippen LogP contribution in [-0.2, 0) is 0 Å². The van der Waals surface area contributed by atoms with E-state index in [1.807, 2.05) is 6.92 Å². The predicted octanol–water partition coefficient (Wildman–Crippen LogP) is 2.22. The Morgan fingerprint density at radius 1 is 1.43 bits per heavy atom. The molecular weight excluding hydrogens is 202 g/mol. The molecule has 0 aromatic carbocycles. The Kier molecular flexibility index (Phi) is 2.18. The first-order valence-electron chi connectivity index (χ1n) is 4.70. The Hall–Kier alpha value is -0.770. The number of alkyl halides is 1. The van der Waals surface area contributed by atoms with Crippen molar-refractivity contribution in [2.75, 3.05) is 18.0 Å². The molecule has 0 bridgehead atoms. The van der Waals surface area contributed by atoms with E-state index in [1.54, 1.807) is 0 Å². The van der Waals surface area contributed by atoms with Crippen LogP contribution in [0.5, 0.6) is 0 Å². The third-order valence-corrected chi connectivity index (χ3v) is 2.47. The molecule has 1 fully saturated rings. The first-order valence-corrected chi connectivity index (χ1v) is 5.14. The van der Waals surface area contributed by atoms with Gasteiger partial charge >= 0.3 is 6.01 Å². The van der Waals surface area contributed by atoms with E-state index in [1.165, 1.54) is 0 Å². The van der Waals surface area contributed by atoms with Crippen LogP contribution in [0.25, 0.3) is 0 Å². The van der Waals surface area contributed by atoms with Crippen molar-refractivity contribution in [2.24, 2.45) is 5.41 Å². The zero-order valence-corrected chi connectivity index (χ0v) is 9.38. The number of hydrogen-bond acceptors (Lipinski definition) is 4. The van der Waals surface area contributed by atoms with E-state index in [2.05, 4.69) is 28.9 Å². The van der Waals surface area contributed by atoms with Crippen LogP contribution >= 0.6 is 11.6 Å². The quantitative estimate of drug-likeness (QED) is 0.710. The Bertz CT molecular complexity index is 327. The second kappa shape index (κ2) is 3.12. The van der Waals surface area contributed by atoms with Crippen LogP contribution in [0.2, 0.25) is 0 Å². The fourth-order valence-electron chi connectivity index (χ4n) is 1.64. The molecule has 2 rings (SSSR count). The lowest BCUT2D eigenvalue weighted by molar-refractivity contribution is 0.258. The number of nitrogens with zero attached hydrogens (tertiary/aromatic N) is 3. The summed E-state index contributed by atoms with van der Waals surface area (Å²) in [5.41, 5.74) is 0.362. The summed E-state index contributed by atoms with van der Waals surface area (Å²) in [4.78, 5) is 2.07. The maximum Gasteiger partial charge on any atom is 0.318 e. The molecule has 2 heterocycles. The Morgan fingerprint density at radius 2 is 2.07 bits per heavy atom. The molecule has 0 N–H and O–H groups in total. The molecule has 0 aliphatic carbocycles. The van der Waals surface area contributed by atoms with Crippen molar-refractivity contribution in [2.45, 2.75) is 26.1 Å². The fourth-order valence-corrected chi connectivity index (χ4v) is 1.73. The summed E-state index contributed by atoms with van der Waals surface area (Å²) in [7, 11) is 0. The van der Waals surface area contributed by atoms with Crippen LogP contribution in [0.3, 0.4) is 0 Å². The minimum absolute atomic E-state index is 0.217. The smallest absolute Gasteiger partial charge is 0.318 e. The largest absolute Gasteiger partial charge is 0.406 e. The Balaban J connectivity index is 2.05. The van der Waals surface area contributed by atoms with Crippen LogP contribution in [0.4, 0.5) is 6.01 Å².